The lowest BCUT2D eigenvalue weighted by Gasteiger charge is -2.21. The zero-order valence-corrected chi connectivity index (χ0v) is 12.2. The Balaban J connectivity index is 3.12. The molecule has 2 N–H and O–H groups in total. The van der Waals surface area contributed by atoms with E-state index < -0.39 is 0 Å². The average molecular weight is 247 g/mol. The maximum atomic E-state index is 12.4. The minimum atomic E-state index is 0.00363. The molecule has 0 aliphatic heterocycles. The van der Waals surface area contributed by atoms with Crippen molar-refractivity contribution in [3.63, 3.8) is 0 Å². The average Bonchev–Trinajstić information content (AvgIpc) is 2.27. The van der Waals surface area contributed by atoms with Crippen LogP contribution in [0, 0.1) is 12.8 Å². The van der Waals surface area contributed by atoms with Gasteiger partial charge in [0.2, 0.25) is 0 Å². The van der Waals surface area contributed by atoms with Gasteiger partial charge < -0.3 is 5.73 Å². The van der Waals surface area contributed by atoms with Crippen LogP contribution in [-0.4, -0.2) is 12.3 Å². The van der Waals surface area contributed by atoms with Crippen LogP contribution in [0.3, 0.4) is 0 Å². The molecular weight excluding hydrogens is 222 g/mol. The zero-order chi connectivity index (χ0) is 13.9. The topological polar surface area (TPSA) is 43.1 Å². The first kappa shape index (κ1) is 14.9. The summed E-state index contributed by atoms with van der Waals surface area (Å²) in [6.45, 7) is 11.0. The molecule has 0 heterocycles. The largest absolute Gasteiger partial charge is 0.330 e. The van der Waals surface area contributed by atoms with E-state index >= 15 is 0 Å². The summed E-state index contributed by atoms with van der Waals surface area (Å²) in [6.07, 6.45) is 0.748. The highest BCUT2D eigenvalue weighted by atomic mass is 16.1. The molecule has 0 saturated heterocycles. The number of Topliss-reactive ketones (excluding diaryl/α,β-unsaturated/α-hetero) is 1. The summed E-state index contributed by atoms with van der Waals surface area (Å²) in [6, 6.07) is 6.20. The van der Waals surface area contributed by atoms with E-state index in [-0.39, 0.29) is 17.1 Å². The predicted molar refractivity (Wildman–Crippen MR) is 77.0 cm³/mol. The van der Waals surface area contributed by atoms with Crippen LogP contribution in [0.2, 0.25) is 0 Å². The van der Waals surface area contributed by atoms with Gasteiger partial charge in [-0.15, -0.1) is 0 Å². The Morgan fingerprint density at radius 1 is 1.33 bits per heavy atom. The highest BCUT2D eigenvalue weighted by Crippen LogP contribution is 2.26. The van der Waals surface area contributed by atoms with E-state index in [0.29, 0.717) is 6.54 Å². The van der Waals surface area contributed by atoms with Crippen molar-refractivity contribution in [1.82, 2.24) is 0 Å². The fourth-order valence-corrected chi connectivity index (χ4v) is 2.00. The van der Waals surface area contributed by atoms with Crippen LogP contribution >= 0.6 is 0 Å². The van der Waals surface area contributed by atoms with Gasteiger partial charge in [-0.05, 0) is 42.5 Å². The van der Waals surface area contributed by atoms with Crippen LogP contribution in [0.15, 0.2) is 18.2 Å². The molecule has 100 valence electrons. The Morgan fingerprint density at radius 3 is 2.44 bits per heavy atom. The molecule has 1 aromatic carbocycles. The number of hydrogen-bond acceptors (Lipinski definition) is 2. The number of aryl methyl sites for hydroxylation is 1. The van der Waals surface area contributed by atoms with Crippen LogP contribution in [0.1, 0.15) is 55.6 Å². The van der Waals surface area contributed by atoms with Gasteiger partial charge in [0.05, 0.1) is 0 Å². The second kappa shape index (κ2) is 5.66. The van der Waals surface area contributed by atoms with Gasteiger partial charge in [0.25, 0.3) is 0 Å². The smallest absolute Gasteiger partial charge is 0.165 e. The summed E-state index contributed by atoms with van der Waals surface area (Å²) in [5.41, 5.74) is 8.71. The van der Waals surface area contributed by atoms with Gasteiger partial charge >= 0.3 is 0 Å². The maximum Gasteiger partial charge on any atom is 0.165 e. The first-order valence-electron chi connectivity index (χ1n) is 6.62. The van der Waals surface area contributed by atoms with E-state index in [9.17, 15) is 4.79 Å². The van der Waals surface area contributed by atoms with Crippen molar-refractivity contribution in [2.24, 2.45) is 11.7 Å². The van der Waals surface area contributed by atoms with Gasteiger partial charge in [-0.3, -0.25) is 4.79 Å². The lowest BCUT2D eigenvalue weighted by molar-refractivity contribution is 0.0924. The van der Waals surface area contributed by atoms with Gasteiger partial charge in [0.1, 0.15) is 0 Å². The molecule has 1 rings (SSSR count). The van der Waals surface area contributed by atoms with E-state index in [1.165, 1.54) is 5.56 Å². The van der Waals surface area contributed by atoms with Gasteiger partial charge in [-0.2, -0.15) is 0 Å². The quantitative estimate of drug-likeness (QED) is 0.828. The highest BCUT2D eigenvalue weighted by Gasteiger charge is 2.20. The monoisotopic (exact) mass is 247 g/mol. The summed E-state index contributed by atoms with van der Waals surface area (Å²) < 4.78 is 0. The molecular formula is C16H25NO. The molecule has 0 spiro atoms. The molecule has 0 fully saturated rings. The number of hydrogen-bond donors (Lipinski definition) is 1. The van der Waals surface area contributed by atoms with Crippen LogP contribution in [0.5, 0.6) is 0 Å². The Kier molecular flexibility index (Phi) is 4.69. The molecule has 18 heavy (non-hydrogen) atoms. The Hall–Kier alpha value is -1.15. The van der Waals surface area contributed by atoms with Crippen molar-refractivity contribution < 1.29 is 4.79 Å². The first-order chi connectivity index (χ1) is 8.27. The van der Waals surface area contributed by atoms with E-state index in [1.807, 2.05) is 26.0 Å². The minimum absolute atomic E-state index is 0.00363. The van der Waals surface area contributed by atoms with Crippen LogP contribution in [0.4, 0.5) is 0 Å². The Labute approximate surface area is 111 Å². The van der Waals surface area contributed by atoms with Gasteiger partial charge in [0.15, 0.2) is 5.78 Å². The summed E-state index contributed by atoms with van der Waals surface area (Å²) >= 11 is 0. The number of nitrogens with two attached hydrogens (primary N) is 1. The van der Waals surface area contributed by atoms with Crippen molar-refractivity contribution in [2.45, 2.75) is 46.5 Å². The molecule has 0 aliphatic rings. The minimum Gasteiger partial charge on any atom is -0.330 e. The summed E-state index contributed by atoms with van der Waals surface area (Å²) in [7, 11) is 0. The van der Waals surface area contributed by atoms with Crippen LogP contribution in [0.25, 0.3) is 0 Å². The summed E-state index contributed by atoms with van der Waals surface area (Å²) in [4.78, 5) is 12.4. The van der Waals surface area contributed by atoms with E-state index in [1.54, 1.807) is 0 Å². The van der Waals surface area contributed by atoms with Crippen molar-refractivity contribution >= 4 is 5.78 Å². The summed E-state index contributed by atoms with van der Waals surface area (Å²) in [5, 5.41) is 0. The van der Waals surface area contributed by atoms with Gasteiger partial charge in [0, 0.05) is 11.5 Å². The molecule has 0 bridgehead atoms. The highest BCUT2D eigenvalue weighted by molar-refractivity contribution is 5.99. The SMILES string of the molecule is Cc1ccc(C(C)(C)C)cc1C(=O)C(C)CCN. The second-order valence-electron chi connectivity index (χ2n) is 6.12. The Bertz CT molecular complexity index is 429. The fraction of sp³-hybridized carbons (Fsp3) is 0.562. The van der Waals surface area contributed by atoms with Crippen molar-refractivity contribution in [1.29, 1.82) is 0 Å². The molecule has 1 atom stereocenters. The van der Waals surface area contributed by atoms with Gasteiger partial charge in [-0.25, -0.2) is 0 Å². The van der Waals surface area contributed by atoms with E-state index in [4.69, 9.17) is 5.73 Å². The lowest BCUT2D eigenvalue weighted by Crippen LogP contribution is -2.18. The van der Waals surface area contributed by atoms with Crippen molar-refractivity contribution in [2.75, 3.05) is 6.54 Å². The molecule has 1 unspecified atom stereocenters. The third kappa shape index (κ3) is 3.42. The van der Waals surface area contributed by atoms with E-state index in [0.717, 1.165) is 17.5 Å². The fourth-order valence-electron chi connectivity index (χ4n) is 2.00. The van der Waals surface area contributed by atoms with Gasteiger partial charge in [-0.1, -0.05) is 39.8 Å². The Morgan fingerprint density at radius 2 is 1.94 bits per heavy atom. The molecule has 0 saturated carbocycles. The molecule has 1 aromatic rings. The molecule has 0 radical (unpaired) electrons. The zero-order valence-electron chi connectivity index (χ0n) is 12.2. The number of rotatable bonds is 4. The molecule has 2 heteroatoms. The third-order valence-electron chi connectivity index (χ3n) is 3.42. The predicted octanol–water partition coefficient (Wildman–Crippen LogP) is 3.46. The number of benzene rings is 1. The standard InChI is InChI=1S/C16H25NO/c1-11-6-7-13(16(3,4)5)10-14(11)15(18)12(2)8-9-17/h6-7,10,12H,8-9,17H2,1-5H3. The molecule has 0 aliphatic carbocycles. The van der Waals surface area contributed by atoms with E-state index in [2.05, 4.69) is 26.8 Å². The number of ketones is 1. The maximum absolute atomic E-state index is 12.4. The summed E-state index contributed by atoms with van der Waals surface area (Å²) in [5.74, 6) is 0.216. The van der Waals surface area contributed by atoms with Crippen molar-refractivity contribution in [3.05, 3.63) is 34.9 Å². The normalized spacial score (nSPS) is 13.4. The third-order valence-corrected chi connectivity index (χ3v) is 3.42. The lowest BCUT2D eigenvalue weighted by atomic mass is 9.83. The van der Waals surface area contributed by atoms with Crippen molar-refractivity contribution in [3.8, 4) is 0 Å². The van der Waals surface area contributed by atoms with Crippen LogP contribution in [-0.2, 0) is 5.41 Å². The first-order valence-corrected chi connectivity index (χ1v) is 6.62. The number of carbonyl (C=O) groups excluding carboxylic acids is 1. The second-order valence-corrected chi connectivity index (χ2v) is 6.12. The number of carbonyl (C=O) groups is 1. The molecule has 0 amide bonds. The molecule has 2 nitrogen and oxygen atoms in total. The molecule has 0 aromatic heterocycles. The van der Waals surface area contributed by atoms with Crippen LogP contribution < -0.4 is 5.73 Å².